The van der Waals surface area contributed by atoms with Crippen LogP contribution in [-0.2, 0) is 0 Å². The van der Waals surface area contributed by atoms with Gasteiger partial charge in [-0.1, -0.05) is 12.1 Å². The monoisotopic (exact) mass is 296 g/mol. The molecule has 1 aromatic carbocycles. The molecule has 1 spiro atoms. The van der Waals surface area contributed by atoms with E-state index in [1.807, 2.05) is 18.2 Å². The van der Waals surface area contributed by atoms with Crippen molar-refractivity contribution in [3.63, 3.8) is 0 Å². The molecule has 5 heteroatoms. The fourth-order valence-electron chi connectivity index (χ4n) is 2.38. The molecule has 2 aliphatic rings. The minimum Gasteiger partial charge on any atom is -0.466 e. The Morgan fingerprint density at radius 3 is 2.76 bits per heavy atom. The maximum absolute atomic E-state index is 12.3. The number of nitrogens with zero attached hydrogens (tertiary/aromatic N) is 1. The van der Waals surface area contributed by atoms with E-state index in [1.54, 1.807) is 9.99 Å². The molecule has 1 fully saturated rings. The van der Waals surface area contributed by atoms with E-state index < -0.39 is 5.72 Å². The number of nitrogens with one attached hydrogen (secondary N) is 1. The second-order valence-electron chi connectivity index (χ2n) is 4.38. The summed E-state index contributed by atoms with van der Waals surface area (Å²) in [5.74, 6) is 0.670. The van der Waals surface area contributed by atoms with Crippen LogP contribution in [0.15, 0.2) is 24.3 Å². The minimum absolute atomic E-state index is 0.0197. The first-order valence-electron chi connectivity index (χ1n) is 5.72. The Kier molecular flexibility index (Phi) is 2.60. The highest BCUT2D eigenvalue weighted by atomic mass is 79.9. The lowest BCUT2D eigenvalue weighted by Gasteiger charge is -2.45. The second kappa shape index (κ2) is 3.99. The number of amides is 1. The van der Waals surface area contributed by atoms with E-state index in [0.717, 1.165) is 25.9 Å². The lowest BCUT2D eigenvalue weighted by atomic mass is 9.98. The third-order valence-corrected chi connectivity index (χ3v) is 4.31. The number of carbonyl (C=O) groups excluding carboxylic acids is 1. The molecule has 2 aliphatic heterocycles. The standard InChI is InChI=1S/C12H13BrN2O2/c13-15-11(16)9-3-1-2-4-10(9)17-12(15)5-7-14-8-6-12/h1-4,14H,5-8H2. The number of ether oxygens (including phenoxy) is 1. The smallest absolute Gasteiger partial charge is 0.270 e. The third-order valence-electron chi connectivity index (χ3n) is 3.34. The van der Waals surface area contributed by atoms with Gasteiger partial charge < -0.3 is 10.1 Å². The number of piperidine rings is 1. The number of fused-ring (bicyclic) bond motifs is 1. The highest BCUT2D eigenvalue weighted by Gasteiger charge is 2.46. The summed E-state index contributed by atoms with van der Waals surface area (Å²) >= 11 is 3.37. The van der Waals surface area contributed by atoms with Gasteiger partial charge in [-0.3, -0.25) is 4.79 Å². The predicted molar refractivity (Wildman–Crippen MR) is 67.0 cm³/mol. The fraction of sp³-hybridized carbons (Fsp3) is 0.417. The summed E-state index contributed by atoms with van der Waals surface area (Å²) in [6.45, 7) is 1.72. The maximum Gasteiger partial charge on any atom is 0.270 e. The zero-order valence-electron chi connectivity index (χ0n) is 9.28. The lowest BCUT2D eigenvalue weighted by Crippen LogP contribution is -2.58. The second-order valence-corrected chi connectivity index (χ2v) is 5.09. The van der Waals surface area contributed by atoms with Gasteiger partial charge in [-0.15, -0.1) is 0 Å². The number of carbonyl (C=O) groups is 1. The van der Waals surface area contributed by atoms with Crippen LogP contribution in [0.5, 0.6) is 5.75 Å². The van der Waals surface area contributed by atoms with Crippen molar-refractivity contribution in [3.8, 4) is 5.75 Å². The average molecular weight is 297 g/mol. The number of benzene rings is 1. The quantitative estimate of drug-likeness (QED) is 0.744. The van der Waals surface area contributed by atoms with E-state index in [1.165, 1.54) is 0 Å². The van der Waals surface area contributed by atoms with Gasteiger partial charge in [0.05, 0.1) is 21.7 Å². The van der Waals surface area contributed by atoms with E-state index in [-0.39, 0.29) is 5.91 Å². The molecule has 0 atom stereocenters. The molecule has 3 rings (SSSR count). The highest BCUT2D eigenvalue weighted by Crippen LogP contribution is 2.39. The number of hydrogen-bond acceptors (Lipinski definition) is 3. The van der Waals surface area contributed by atoms with Gasteiger partial charge >= 0.3 is 0 Å². The van der Waals surface area contributed by atoms with E-state index in [9.17, 15) is 4.79 Å². The van der Waals surface area contributed by atoms with Crippen LogP contribution in [0, 0.1) is 0 Å². The summed E-state index contributed by atoms with van der Waals surface area (Å²) in [6.07, 6.45) is 1.58. The Bertz CT molecular complexity index is 458. The van der Waals surface area contributed by atoms with Crippen molar-refractivity contribution >= 4 is 22.1 Å². The van der Waals surface area contributed by atoms with Crippen LogP contribution in [0.25, 0.3) is 0 Å². The molecule has 0 aliphatic carbocycles. The molecular formula is C12H13BrN2O2. The predicted octanol–water partition coefficient (Wildman–Crippen LogP) is 1.91. The van der Waals surface area contributed by atoms with Crippen molar-refractivity contribution < 1.29 is 9.53 Å². The van der Waals surface area contributed by atoms with Crippen molar-refractivity contribution in [2.24, 2.45) is 0 Å². The average Bonchev–Trinajstić information content (AvgIpc) is 2.37. The van der Waals surface area contributed by atoms with Crippen molar-refractivity contribution in [2.75, 3.05) is 13.1 Å². The number of halogens is 1. The summed E-state index contributed by atoms with van der Waals surface area (Å²) in [6, 6.07) is 7.39. The van der Waals surface area contributed by atoms with Crippen LogP contribution in [0.2, 0.25) is 0 Å². The Morgan fingerprint density at radius 1 is 1.29 bits per heavy atom. The van der Waals surface area contributed by atoms with Crippen LogP contribution in [0.3, 0.4) is 0 Å². The SMILES string of the molecule is O=C1c2ccccc2OC2(CCNCC2)N1Br. The van der Waals surface area contributed by atoms with Gasteiger partial charge in [0, 0.05) is 25.9 Å². The molecule has 17 heavy (non-hydrogen) atoms. The first-order valence-corrected chi connectivity index (χ1v) is 6.43. The van der Waals surface area contributed by atoms with Crippen molar-refractivity contribution in [2.45, 2.75) is 18.6 Å². The topological polar surface area (TPSA) is 41.6 Å². The summed E-state index contributed by atoms with van der Waals surface area (Å²) < 4.78 is 7.63. The molecule has 4 nitrogen and oxygen atoms in total. The largest absolute Gasteiger partial charge is 0.466 e. The highest BCUT2D eigenvalue weighted by molar-refractivity contribution is 9.07. The Hall–Kier alpha value is -1.07. The van der Waals surface area contributed by atoms with Crippen LogP contribution in [-0.4, -0.2) is 28.6 Å². The summed E-state index contributed by atoms with van der Waals surface area (Å²) in [7, 11) is 0. The Morgan fingerprint density at radius 2 is 2.00 bits per heavy atom. The molecule has 1 aromatic rings. The first-order chi connectivity index (χ1) is 8.23. The molecule has 1 saturated heterocycles. The molecule has 0 saturated carbocycles. The normalized spacial score (nSPS) is 22.2. The van der Waals surface area contributed by atoms with Crippen LogP contribution in [0.4, 0.5) is 0 Å². The number of hydrogen-bond donors (Lipinski definition) is 1. The molecule has 0 unspecified atom stereocenters. The van der Waals surface area contributed by atoms with E-state index >= 15 is 0 Å². The molecule has 90 valence electrons. The maximum atomic E-state index is 12.3. The fourth-order valence-corrected chi connectivity index (χ4v) is 3.00. The van der Waals surface area contributed by atoms with Gasteiger partial charge in [0.1, 0.15) is 5.75 Å². The molecule has 1 amide bonds. The minimum atomic E-state index is -0.531. The molecule has 0 aromatic heterocycles. The third kappa shape index (κ3) is 1.65. The zero-order valence-corrected chi connectivity index (χ0v) is 10.9. The number of para-hydroxylation sites is 1. The summed E-state index contributed by atoms with van der Waals surface area (Å²) in [5, 5.41) is 3.28. The van der Waals surface area contributed by atoms with Gasteiger partial charge in [-0.05, 0) is 12.1 Å². The van der Waals surface area contributed by atoms with E-state index in [4.69, 9.17) is 4.74 Å². The molecular weight excluding hydrogens is 284 g/mol. The van der Waals surface area contributed by atoms with Crippen LogP contribution < -0.4 is 10.1 Å². The first kappa shape index (κ1) is 11.0. The zero-order chi connectivity index (χ0) is 11.9. The van der Waals surface area contributed by atoms with Crippen molar-refractivity contribution in [3.05, 3.63) is 29.8 Å². The van der Waals surface area contributed by atoms with Crippen LogP contribution in [0.1, 0.15) is 23.2 Å². The van der Waals surface area contributed by atoms with Crippen molar-refractivity contribution in [1.82, 2.24) is 9.24 Å². The van der Waals surface area contributed by atoms with Crippen molar-refractivity contribution in [1.29, 1.82) is 0 Å². The molecule has 0 bridgehead atoms. The Balaban J connectivity index is 2.03. The van der Waals surface area contributed by atoms with Gasteiger partial charge in [-0.2, -0.15) is 0 Å². The van der Waals surface area contributed by atoms with Gasteiger partial charge in [0.2, 0.25) is 0 Å². The summed E-state index contributed by atoms with van der Waals surface area (Å²) in [4.78, 5) is 12.3. The van der Waals surface area contributed by atoms with E-state index in [2.05, 4.69) is 21.5 Å². The Labute approximate surface area is 108 Å². The molecule has 2 heterocycles. The summed E-state index contributed by atoms with van der Waals surface area (Å²) in [5.41, 5.74) is 0.0879. The van der Waals surface area contributed by atoms with Gasteiger partial charge in [-0.25, -0.2) is 3.93 Å². The van der Waals surface area contributed by atoms with E-state index in [0.29, 0.717) is 11.3 Å². The molecule has 0 radical (unpaired) electrons. The van der Waals surface area contributed by atoms with Crippen LogP contribution >= 0.6 is 16.1 Å². The van der Waals surface area contributed by atoms with Gasteiger partial charge in [0.15, 0.2) is 5.72 Å². The van der Waals surface area contributed by atoms with Gasteiger partial charge in [0.25, 0.3) is 5.91 Å². The lowest BCUT2D eigenvalue weighted by molar-refractivity contribution is -0.0480. The number of rotatable bonds is 0. The molecule has 1 N–H and O–H groups in total.